The van der Waals surface area contributed by atoms with Gasteiger partial charge in [-0.3, -0.25) is 14.9 Å². The van der Waals surface area contributed by atoms with Crippen LogP contribution in [0.4, 0.5) is 0 Å². The van der Waals surface area contributed by atoms with Crippen molar-refractivity contribution in [3.05, 3.63) is 66.2 Å². The van der Waals surface area contributed by atoms with Crippen molar-refractivity contribution >= 4 is 5.91 Å². The molecule has 1 aliphatic heterocycles. The second-order valence-electron chi connectivity index (χ2n) is 6.65. The number of amides is 1. The largest absolute Gasteiger partial charge is 0.339 e. The summed E-state index contributed by atoms with van der Waals surface area (Å²) in [7, 11) is 0. The number of likely N-dealkylation sites (tertiary alicyclic amines) is 1. The van der Waals surface area contributed by atoms with Gasteiger partial charge in [-0.2, -0.15) is 5.10 Å². The van der Waals surface area contributed by atoms with Gasteiger partial charge in [0.1, 0.15) is 5.82 Å². The Morgan fingerprint density at radius 2 is 1.81 bits per heavy atom. The molecule has 4 rings (SSSR count). The summed E-state index contributed by atoms with van der Waals surface area (Å²) in [5.74, 6) is 2.28. The van der Waals surface area contributed by atoms with Crippen LogP contribution in [0.1, 0.15) is 29.0 Å². The highest BCUT2D eigenvalue weighted by Gasteiger charge is 2.24. The molecule has 0 atom stereocenters. The number of H-pyrrole nitrogens is 1. The summed E-state index contributed by atoms with van der Waals surface area (Å²) >= 11 is 0. The molecule has 3 heterocycles. The molecule has 1 aromatic carbocycles. The Labute approximate surface area is 152 Å². The highest BCUT2D eigenvalue weighted by atomic mass is 16.2. The Bertz CT molecular complexity index is 854. The number of carbonyl (C=O) groups excluding carboxylic acids is 1. The van der Waals surface area contributed by atoms with E-state index in [1.807, 2.05) is 35.2 Å². The molecule has 3 aromatic rings. The molecule has 1 saturated heterocycles. The van der Waals surface area contributed by atoms with Crippen LogP contribution in [0.25, 0.3) is 11.4 Å². The van der Waals surface area contributed by atoms with Gasteiger partial charge in [-0.25, -0.2) is 4.98 Å². The van der Waals surface area contributed by atoms with E-state index < -0.39 is 0 Å². The van der Waals surface area contributed by atoms with E-state index in [9.17, 15) is 4.79 Å². The number of hydrogen-bond donors (Lipinski definition) is 1. The first-order chi connectivity index (χ1) is 12.8. The molecule has 0 radical (unpaired) electrons. The lowest BCUT2D eigenvalue weighted by molar-refractivity contribution is 0.0690. The van der Waals surface area contributed by atoms with E-state index in [1.165, 1.54) is 0 Å². The van der Waals surface area contributed by atoms with Gasteiger partial charge in [-0.05, 0) is 30.9 Å². The Hall–Kier alpha value is -3.02. The van der Waals surface area contributed by atoms with Crippen molar-refractivity contribution in [2.24, 2.45) is 5.92 Å². The first kappa shape index (κ1) is 16.4. The monoisotopic (exact) mass is 347 g/mol. The van der Waals surface area contributed by atoms with Gasteiger partial charge in [0.2, 0.25) is 0 Å². The van der Waals surface area contributed by atoms with Crippen molar-refractivity contribution in [1.29, 1.82) is 0 Å². The topological polar surface area (TPSA) is 74.8 Å². The van der Waals surface area contributed by atoms with Crippen LogP contribution < -0.4 is 0 Å². The van der Waals surface area contributed by atoms with Gasteiger partial charge in [-0.1, -0.05) is 30.3 Å². The summed E-state index contributed by atoms with van der Waals surface area (Å²) < 4.78 is 0. The fourth-order valence-corrected chi connectivity index (χ4v) is 3.39. The lowest BCUT2D eigenvalue weighted by atomic mass is 9.93. The molecule has 1 amide bonds. The van der Waals surface area contributed by atoms with Crippen molar-refractivity contribution < 1.29 is 4.79 Å². The lowest BCUT2D eigenvalue weighted by Crippen LogP contribution is -2.39. The summed E-state index contributed by atoms with van der Waals surface area (Å²) in [5.41, 5.74) is 1.73. The average molecular weight is 347 g/mol. The maximum absolute atomic E-state index is 12.5. The van der Waals surface area contributed by atoms with E-state index in [-0.39, 0.29) is 5.91 Å². The molecule has 6 nitrogen and oxygen atoms in total. The van der Waals surface area contributed by atoms with Crippen LogP contribution in [-0.4, -0.2) is 44.1 Å². The minimum atomic E-state index is 0.0943. The summed E-state index contributed by atoms with van der Waals surface area (Å²) in [6, 6.07) is 13.5. The van der Waals surface area contributed by atoms with E-state index in [4.69, 9.17) is 0 Å². The number of pyridine rings is 1. The normalized spacial score (nSPS) is 15.2. The van der Waals surface area contributed by atoms with Gasteiger partial charge in [0, 0.05) is 43.0 Å². The van der Waals surface area contributed by atoms with Crippen LogP contribution in [0.3, 0.4) is 0 Å². The third-order valence-electron chi connectivity index (χ3n) is 4.87. The lowest BCUT2D eigenvalue weighted by Gasteiger charge is -2.31. The minimum Gasteiger partial charge on any atom is -0.339 e. The number of carbonyl (C=O) groups is 1. The number of rotatable bonds is 4. The standard InChI is InChI=1S/C20H21N5O/c26-20(17-6-10-21-11-7-17)25-12-8-15(9-13-25)14-18-22-19(24-23-18)16-4-2-1-3-5-16/h1-7,10-11,15H,8-9,12-14H2,(H,22,23,24). The molecular weight excluding hydrogens is 326 g/mol. The number of nitrogens with one attached hydrogen (secondary N) is 1. The third-order valence-corrected chi connectivity index (χ3v) is 4.87. The van der Waals surface area contributed by atoms with Gasteiger partial charge in [0.15, 0.2) is 5.82 Å². The second-order valence-corrected chi connectivity index (χ2v) is 6.65. The maximum Gasteiger partial charge on any atom is 0.253 e. The van der Waals surface area contributed by atoms with Crippen LogP contribution >= 0.6 is 0 Å². The molecule has 0 saturated carbocycles. The third kappa shape index (κ3) is 3.64. The Morgan fingerprint density at radius 1 is 1.08 bits per heavy atom. The van der Waals surface area contributed by atoms with E-state index in [0.717, 1.165) is 49.6 Å². The smallest absolute Gasteiger partial charge is 0.253 e. The van der Waals surface area contributed by atoms with Gasteiger partial charge in [-0.15, -0.1) is 0 Å². The van der Waals surface area contributed by atoms with E-state index in [2.05, 4.69) is 20.2 Å². The SMILES string of the molecule is O=C(c1ccncc1)N1CCC(Cc2nc(-c3ccccc3)n[nH]2)CC1. The zero-order valence-electron chi connectivity index (χ0n) is 14.5. The Balaban J connectivity index is 1.33. The van der Waals surface area contributed by atoms with Crippen molar-refractivity contribution in [2.45, 2.75) is 19.3 Å². The molecule has 1 aliphatic rings. The minimum absolute atomic E-state index is 0.0943. The van der Waals surface area contributed by atoms with Crippen LogP contribution in [0.5, 0.6) is 0 Å². The highest BCUT2D eigenvalue weighted by Crippen LogP contribution is 2.22. The molecule has 0 bridgehead atoms. The molecule has 1 N–H and O–H groups in total. The molecule has 2 aromatic heterocycles. The van der Waals surface area contributed by atoms with E-state index in [0.29, 0.717) is 11.5 Å². The molecule has 0 unspecified atom stereocenters. The quantitative estimate of drug-likeness (QED) is 0.787. The van der Waals surface area contributed by atoms with Crippen molar-refractivity contribution in [1.82, 2.24) is 25.1 Å². The summed E-state index contributed by atoms with van der Waals surface area (Å²) in [6.07, 6.45) is 6.16. The van der Waals surface area contributed by atoms with Crippen LogP contribution in [-0.2, 0) is 6.42 Å². The molecule has 1 fully saturated rings. The molecular formula is C20H21N5O. The number of nitrogens with zero attached hydrogens (tertiary/aromatic N) is 4. The second kappa shape index (κ2) is 7.47. The highest BCUT2D eigenvalue weighted by molar-refractivity contribution is 5.94. The van der Waals surface area contributed by atoms with Crippen molar-refractivity contribution in [3.63, 3.8) is 0 Å². The number of benzene rings is 1. The number of aromatic amines is 1. The zero-order valence-corrected chi connectivity index (χ0v) is 14.5. The first-order valence-corrected chi connectivity index (χ1v) is 8.95. The van der Waals surface area contributed by atoms with Gasteiger partial charge in [0.25, 0.3) is 5.91 Å². The Morgan fingerprint density at radius 3 is 2.54 bits per heavy atom. The van der Waals surface area contributed by atoms with Gasteiger partial charge in [0.05, 0.1) is 0 Å². The predicted octanol–water partition coefficient (Wildman–Crippen LogP) is 2.96. The fourth-order valence-electron chi connectivity index (χ4n) is 3.39. The van der Waals surface area contributed by atoms with Crippen LogP contribution in [0.2, 0.25) is 0 Å². The first-order valence-electron chi connectivity index (χ1n) is 8.95. The van der Waals surface area contributed by atoms with Crippen LogP contribution in [0.15, 0.2) is 54.9 Å². The summed E-state index contributed by atoms with van der Waals surface area (Å²) in [5, 5.41) is 7.39. The van der Waals surface area contributed by atoms with Gasteiger partial charge >= 0.3 is 0 Å². The van der Waals surface area contributed by atoms with Crippen LogP contribution in [0, 0.1) is 5.92 Å². The fraction of sp³-hybridized carbons (Fsp3) is 0.300. The maximum atomic E-state index is 12.5. The Kier molecular flexibility index (Phi) is 4.73. The molecule has 0 spiro atoms. The predicted molar refractivity (Wildman–Crippen MR) is 98.4 cm³/mol. The van der Waals surface area contributed by atoms with Crippen molar-refractivity contribution in [3.8, 4) is 11.4 Å². The number of hydrogen-bond acceptors (Lipinski definition) is 4. The van der Waals surface area contributed by atoms with E-state index in [1.54, 1.807) is 24.5 Å². The molecule has 0 aliphatic carbocycles. The number of aromatic nitrogens is 4. The number of piperidine rings is 1. The van der Waals surface area contributed by atoms with Crippen molar-refractivity contribution in [2.75, 3.05) is 13.1 Å². The van der Waals surface area contributed by atoms with E-state index >= 15 is 0 Å². The summed E-state index contributed by atoms with van der Waals surface area (Å²) in [6.45, 7) is 1.57. The average Bonchev–Trinajstić information content (AvgIpc) is 3.18. The summed E-state index contributed by atoms with van der Waals surface area (Å²) in [4.78, 5) is 23.0. The van der Waals surface area contributed by atoms with Gasteiger partial charge < -0.3 is 4.90 Å². The zero-order chi connectivity index (χ0) is 17.8. The molecule has 132 valence electrons. The molecule has 6 heteroatoms. The molecule has 26 heavy (non-hydrogen) atoms.